The van der Waals surface area contributed by atoms with Crippen molar-refractivity contribution in [3.63, 3.8) is 0 Å². The number of nitrogens with zero attached hydrogens (tertiary/aromatic N) is 2. The van der Waals surface area contributed by atoms with E-state index < -0.39 is 0 Å². The molecule has 3 nitrogen and oxygen atoms in total. The van der Waals surface area contributed by atoms with E-state index in [4.69, 9.17) is 5.73 Å². The Balaban J connectivity index is 1.63. The summed E-state index contributed by atoms with van der Waals surface area (Å²) in [6.45, 7) is 3.18. The maximum absolute atomic E-state index is 5.96. The number of nitrogens with two attached hydrogens (primary N) is 1. The second-order valence-electron chi connectivity index (χ2n) is 6.20. The van der Waals surface area contributed by atoms with E-state index >= 15 is 0 Å². The van der Waals surface area contributed by atoms with Gasteiger partial charge in [-0.05, 0) is 53.8 Å². The lowest BCUT2D eigenvalue weighted by Gasteiger charge is -2.35. The maximum atomic E-state index is 5.96. The van der Waals surface area contributed by atoms with Gasteiger partial charge in [-0.15, -0.1) is 0 Å². The molecule has 20 heavy (non-hydrogen) atoms. The highest BCUT2D eigenvalue weighted by atomic mass is 15.1. The molecule has 3 heteroatoms. The fourth-order valence-electron chi connectivity index (χ4n) is 3.51. The lowest BCUT2D eigenvalue weighted by molar-refractivity contribution is 0.213. The highest BCUT2D eigenvalue weighted by Crippen LogP contribution is 2.52. The molecule has 1 aromatic carbocycles. The molecule has 2 heterocycles. The maximum Gasteiger partial charge on any atom is 0.0317 e. The zero-order valence-corrected chi connectivity index (χ0v) is 11.5. The van der Waals surface area contributed by atoms with E-state index in [9.17, 15) is 0 Å². The molecule has 1 aromatic heterocycles. The van der Waals surface area contributed by atoms with Crippen LogP contribution in [0.25, 0.3) is 0 Å². The summed E-state index contributed by atoms with van der Waals surface area (Å²) >= 11 is 0. The van der Waals surface area contributed by atoms with Gasteiger partial charge in [0, 0.05) is 43.1 Å². The number of rotatable bonds is 2. The van der Waals surface area contributed by atoms with Crippen LogP contribution in [0.15, 0.2) is 42.7 Å². The van der Waals surface area contributed by atoms with Gasteiger partial charge in [-0.1, -0.05) is 6.07 Å². The van der Waals surface area contributed by atoms with Crippen molar-refractivity contribution in [2.24, 2.45) is 0 Å². The molecule has 0 radical (unpaired) electrons. The smallest absolute Gasteiger partial charge is 0.0317 e. The molecule has 0 unspecified atom stereocenters. The Morgan fingerprint density at radius 2 is 1.95 bits per heavy atom. The number of nitrogen functional groups attached to an aromatic ring is 1. The van der Waals surface area contributed by atoms with Crippen molar-refractivity contribution in [1.82, 2.24) is 9.88 Å². The van der Waals surface area contributed by atoms with Gasteiger partial charge in [0.05, 0.1) is 0 Å². The number of hydrogen-bond acceptors (Lipinski definition) is 3. The minimum atomic E-state index is 0.411. The van der Waals surface area contributed by atoms with Crippen LogP contribution in [-0.4, -0.2) is 16.4 Å². The summed E-state index contributed by atoms with van der Waals surface area (Å²) in [5.74, 6) is 0. The Kier molecular flexibility index (Phi) is 2.57. The molecule has 1 aliphatic heterocycles. The first kappa shape index (κ1) is 11.9. The Hall–Kier alpha value is -1.87. The summed E-state index contributed by atoms with van der Waals surface area (Å²) in [5, 5.41) is 0. The van der Waals surface area contributed by atoms with E-state index in [1.165, 1.54) is 36.1 Å². The van der Waals surface area contributed by atoms with Gasteiger partial charge in [-0.2, -0.15) is 0 Å². The standard InChI is InChI=1S/C17H19N3/c18-15-1-2-16-14(9-15)11-20(12-17(16)5-6-17)10-13-3-7-19-8-4-13/h1-4,7-9H,5-6,10-12,18H2. The third-order valence-electron chi connectivity index (χ3n) is 4.63. The SMILES string of the molecule is Nc1ccc2c(c1)CN(Cc1ccncc1)CC21CC1. The lowest BCUT2D eigenvalue weighted by atomic mass is 9.86. The summed E-state index contributed by atoms with van der Waals surface area (Å²) in [5.41, 5.74) is 11.5. The third kappa shape index (κ3) is 1.98. The summed E-state index contributed by atoms with van der Waals surface area (Å²) in [7, 11) is 0. The van der Waals surface area contributed by atoms with Gasteiger partial charge in [0.25, 0.3) is 0 Å². The summed E-state index contributed by atoms with van der Waals surface area (Å²) in [4.78, 5) is 6.64. The molecule has 2 aromatic rings. The molecule has 0 amide bonds. The van der Waals surface area contributed by atoms with E-state index in [2.05, 4.69) is 40.2 Å². The molecule has 2 N–H and O–H groups in total. The Bertz CT molecular complexity index is 632. The van der Waals surface area contributed by atoms with E-state index in [1.54, 1.807) is 0 Å². The van der Waals surface area contributed by atoms with Gasteiger partial charge >= 0.3 is 0 Å². The molecule has 1 saturated carbocycles. The fraction of sp³-hybridized carbons (Fsp3) is 0.353. The summed E-state index contributed by atoms with van der Waals surface area (Å²) in [6.07, 6.45) is 6.38. The van der Waals surface area contributed by atoms with Crippen LogP contribution in [-0.2, 0) is 18.5 Å². The van der Waals surface area contributed by atoms with Crippen molar-refractivity contribution >= 4 is 5.69 Å². The quantitative estimate of drug-likeness (QED) is 0.849. The molecule has 0 atom stereocenters. The van der Waals surface area contributed by atoms with Gasteiger partial charge in [0.15, 0.2) is 0 Å². The van der Waals surface area contributed by atoms with Crippen LogP contribution in [0, 0.1) is 0 Å². The van der Waals surface area contributed by atoms with Crippen LogP contribution >= 0.6 is 0 Å². The number of pyridine rings is 1. The van der Waals surface area contributed by atoms with Gasteiger partial charge < -0.3 is 5.73 Å². The highest BCUT2D eigenvalue weighted by Gasteiger charge is 2.48. The number of fused-ring (bicyclic) bond motifs is 2. The summed E-state index contributed by atoms with van der Waals surface area (Å²) in [6, 6.07) is 10.7. The topological polar surface area (TPSA) is 42.1 Å². The van der Waals surface area contributed by atoms with E-state index in [0.29, 0.717) is 5.41 Å². The van der Waals surface area contributed by atoms with Crippen LogP contribution in [0.2, 0.25) is 0 Å². The van der Waals surface area contributed by atoms with Crippen LogP contribution in [0.4, 0.5) is 5.69 Å². The van der Waals surface area contributed by atoms with Crippen molar-refractivity contribution < 1.29 is 0 Å². The van der Waals surface area contributed by atoms with Crippen LogP contribution < -0.4 is 5.73 Å². The first-order valence-corrected chi connectivity index (χ1v) is 7.25. The zero-order valence-electron chi connectivity index (χ0n) is 11.5. The summed E-state index contributed by atoms with van der Waals surface area (Å²) < 4.78 is 0. The minimum absolute atomic E-state index is 0.411. The van der Waals surface area contributed by atoms with Crippen LogP contribution in [0.3, 0.4) is 0 Å². The predicted molar refractivity (Wildman–Crippen MR) is 80.1 cm³/mol. The molecule has 0 bridgehead atoms. The molecular weight excluding hydrogens is 246 g/mol. The molecule has 0 saturated heterocycles. The molecule has 1 aliphatic carbocycles. The molecule has 2 aliphatic rings. The highest BCUT2D eigenvalue weighted by molar-refractivity contribution is 5.50. The molecule has 1 spiro atoms. The van der Waals surface area contributed by atoms with Crippen LogP contribution in [0.1, 0.15) is 29.5 Å². The minimum Gasteiger partial charge on any atom is -0.399 e. The second-order valence-corrected chi connectivity index (χ2v) is 6.20. The molecule has 1 fully saturated rings. The van der Waals surface area contributed by atoms with Gasteiger partial charge in [-0.25, -0.2) is 0 Å². The second kappa shape index (κ2) is 4.32. The Morgan fingerprint density at radius 3 is 2.70 bits per heavy atom. The average Bonchev–Trinajstić information content (AvgIpc) is 3.19. The fourth-order valence-corrected chi connectivity index (χ4v) is 3.51. The number of benzene rings is 1. The first-order valence-electron chi connectivity index (χ1n) is 7.25. The molecule has 102 valence electrons. The van der Waals surface area contributed by atoms with Crippen LogP contribution in [0.5, 0.6) is 0 Å². The third-order valence-corrected chi connectivity index (χ3v) is 4.63. The number of aromatic nitrogens is 1. The monoisotopic (exact) mass is 265 g/mol. The van der Waals surface area contributed by atoms with Gasteiger partial charge in [0.2, 0.25) is 0 Å². The zero-order chi connectivity index (χ0) is 13.6. The molecular formula is C17H19N3. The van der Waals surface area contributed by atoms with Crippen molar-refractivity contribution in [2.45, 2.75) is 31.3 Å². The Morgan fingerprint density at radius 1 is 1.15 bits per heavy atom. The van der Waals surface area contributed by atoms with Gasteiger partial charge in [0.1, 0.15) is 0 Å². The van der Waals surface area contributed by atoms with Gasteiger partial charge in [-0.3, -0.25) is 9.88 Å². The van der Waals surface area contributed by atoms with E-state index in [0.717, 1.165) is 18.8 Å². The number of hydrogen-bond donors (Lipinski definition) is 1. The average molecular weight is 265 g/mol. The number of anilines is 1. The van der Waals surface area contributed by atoms with Crippen molar-refractivity contribution in [2.75, 3.05) is 12.3 Å². The molecule has 4 rings (SSSR count). The predicted octanol–water partition coefficient (Wildman–Crippen LogP) is 2.71. The first-order chi connectivity index (χ1) is 9.75. The lowest BCUT2D eigenvalue weighted by Crippen LogP contribution is -2.37. The van der Waals surface area contributed by atoms with Crippen molar-refractivity contribution in [1.29, 1.82) is 0 Å². The normalized spacial score (nSPS) is 19.8. The Labute approximate surface area is 119 Å². The largest absolute Gasteiger partial charge is 0.399 e. The van der Waals surface area contributed by atoms with E-state index in [-0.39, 0.29) is 0 Å². The van der Waals surface area contributed by atoms with Crippen molar-refractivity contribution in [3.05, 3.63) is 59.4 Å². The van der Waals surface area contributed by atoms with E-state index in [1.807, 2.05) is 12.4 Å². The van der Waals surface area contributed by atoms with Crippen molar-refractivity contribution in [3.8, 4) is 0 Å².